The van der Waals surface area contributed by atoms with Gasteiger partial charge in [-0.15, -0.1) is 0 Å². The number of sulfonamides is 1. The smallest absolute Gasteiger partial charge is 0.244 e. The molecule has 0 unspecified atom stereocenters. The number of anilines is 1. The molecule has 8 nitrogen and oxygen atoms in total. The Balaban J connectivity index is 2.40. The minimum absolute atomic E-state index is 0.0575. The van der Waals surface area contributed by atoms with Crippen LogP contribution in [0.5, 0.6) is 5.75 Å². The number of halogens is 1. The average molecular weight is 555 g/mol. The molecule has 0 aliphatic heterocycles. The summed E-state index contributed by atoms with van der Waals surface area (Å²) in [7, 11) is -2.22. The molecular weight excluding hydrogens is 522 g/mol. The maximum Gasteiger partial charge on any atom is 0.244 e. The van der Waals surface area contributed by atoms with Crippen LogP contribution in [0.3, 0.4) is 0 Å². The molecule has 0 saturated carbocycles. The Morgan fingerprint density at radius 1 is 1.12 bits per heavy atom. The molecule has 34 heavy (non-hydrogen) atoms. The first-order valence-corrected chi connectivity index (χ1v) is 13.6. The van der Waals surface area contributed by atoms with Gasteiger partial charge in [0.2, 0.25) is 21.8 Å². The first-order chi connectivity index (χ1) is 16.0. The molecule has 0 aromatic heterocycles. The molecule has 0 fully saturated rings. The molecule has 2 rings (SSSR count). The maximum absolute atomic E-state index is 13.5. The van der Waals surface area contributed by atoms with Crippen LogP contribution in [0.1, 0.15) is 32.8 Å². The van der Waals surface area contributed by atoms with E-state index in [9.17, 15) is 18.0 Å². The first-order valence-electron chi connectivity index (χ1n) is 10.9. The Kier molecular flexibility index (Phi) is 9.93. The second kappa shape index (κ2) is 12.2. The fourth-order valence-electron chi connectivity index (χ4n) is 3.26. The number of nitrogens with one attached hydrogen (secondary N) is 1. The van der Waals surface area contributed by atoms with E-state index in [-0.39, 0.29) is 18.5 Å². The normalized spacial score (nSPS) is 13.0. The number of amides is 2. The van der Waals surface area contributed by atoms with Crippen molar-refractivity contribution in [2.75, 3.05) is 24.2 Å². The minimum Gasteiger partial charge on any atom is -0.497 e. The van der Waals surface area contributed by atoms with Gasteiger partial charge < -0.3 is 15.0 Å². The van der Waals surface area contributed by atoms with E-state index < -0.39 is 28.5 Å². The number of ether oxygens (including phenoxy) is 1. The van der Waals surface area contributed by atoms with Gasteiger partial charge in [-0.1, -0.05) is 41.1 Å². The summed E-state index contributed by atoms with van der Waals surface area (Å²) in [5.41, 5.74) is 1.10. The average Bonchev–Trinajstić information content (AvgIpc) is 2.79. The van der Waals surface area contributed by atoms with Crippen molar-refractivity contribution in [3.05, 3.63) is 58.6 Å². The summed E-state index contributed by atoms with van der Waals surface area (Å²) in [6, 6.07) is 13.0. The van der Waals surface area contributed by atoms with Crippen molar-refractivity contribution in [2.45, 2.75) is 45.8 Å². The lowest BCUT2D eigenvalue weighted by atomic mass is 10.1. The molecule has 2 aromatic carbocycles. The van der Waals surface area contributed by atoms with Crippen molar-refractivity contribution in [3.63, 3.8) is 0 Å². The number of carbonyl (C=O) groups is 2. The summed E-state index contributed by atoms with van der Waals surface area (Å²) in [5, 5.41) is 2.90. The SMILES string of the molecule is CC[C@@H](C)NC(=O)[C@H](C)N(Cc1cccc(OC)c1)C(=O)CN(c1cccc(Br)c1)S(C)(=O)=O. The van der Waals surface area contributed by atoms with Gasteiger partial charge >= 0.3 is 0 Å². The van der Waals surface area contributed by atoms with Gasteiger partial charge in [-0.25, -0.2) is 8.42 Å². The number of carbonyl (C=O) groups excluding carboxylic acids is 2. The van der Waals surface area contributed by atoms with Crippen LogP contribution in [0.25, 0.3) is 0 Å². The lowest BCUT2D eigenvalue weighted by molar-refractivity contribution is -0.139. The Bertz CT molecular complexity index is 1110. The summed E-state index contributed by atoms with van der Waals surface area (Å²) in [4.78, 5) is 27.8. The predicted molar refractivity (Wildman–Crippen MR) is 137 cm³/mol. The third kappa shape index (κ3) is 7.73. The largest absolute Gasteiger partial charge is 0.497 e. The third-order valence-corrected chi connectivity index (χ3v) is 7.06. The van der Waals surface area contributed by atoms with Gasteiger partial charge in [-0.05, 0) is 56.2 Å². The van der Waals surface area contributed by atoms with Crippen LogP contribution in [0, 0.1) is 0 Å². The zero-order valence-electron chi connectivity index (χ0n) is 20.1. The van der Waals surface area contributed by atoms with Crippen molar-refractivity contribution in [3.8, 4) is 5.75 Å². The molecule has 2 amide bonds. The summed E-state index contributed by atoms with van der Waals surface area (Å²) >= 11 is 3.34. The van der Waals surface area contributed by atoms with E-state index in [0.29, 0.717) is 15.9 Å². The van der Waals surface area contributed by atoms with Gasteiger partial charge in [0.05, 0.1) is 19.1 Å². The van der Waals surface area contributed by atoms with Gasteiger partial charge in [0, 0.05) is 17.1 Å². The van der Waals surface area contributed by atoms with E-state index in [1.54, 1.807) is 56.5 Å². The van der Waals surface area contributed by atoms with E-state index >= 15 is 0 Å². The molecular formula is C24H32BrN3O5S. The molecule has 2 aromatic rings. The van der Waals surface area contributed by atoms with E-state index in [1.807, 2.05) is 19.9 Å². The first kappa shape index (κ1) is 27.7. The van der Waals surface area contributed by atoms with Crippen LogP contribution in [0.2, 0.25) is 0 Å². The van der Waals surface area contributed by atoms with Crippen LogP contribution in [-0.4, -0.2) is 57.1 Å². The number of nitrogens with zero attached hydrogens (tertiary/aromatic N) is 2. The molecule has 0 spiro atoms. The molecule has 0 aliphatic rings. The highest BCUT2D eigenvalue weighted by molar-refractivity contribution is 9.10. The van der Waals surface area contributed by atoms with E-state index in [0.717, 1.165) is 22.5 Å². The van der Waals surface area contributed by atoms with E-state index in [1.165, 1.54) is 4.90 Å². The maximum atomic E-state index is 13.5. The molecule has 0 radical (unpaired) electrons. The van der Waals surface area contributed by atoms with Crippen LogP contribution in [-0.2, 0) is 26.2 Å². The number of methoxy groups -OCH3 is 1. The van der Waals surface area contributed by atoms with Crippen LogP contribution >= 0.6 is 15.9 Å². The number of benzene rings is 2. The van der Waals surface area contributed by atoms with Crippen molar-refractivity contribution in [1.29, 1.82) is 0 Å². The zero-order valence-corrected chi connectivity index (χ0v) is 22.5. The van der Waals surface area contributed by atoms with E-state index in [2.05, 4.69) is 21.2 Å². The Hall–Kier alpha value is -2.59. The molecule has 0 saturated heterocycles. The Labute approximate surface area is 210 Å². The topological polar surface area (TPSA) is 96.0 Å². The highest BCUT2D eigenvalue weighted by Gasteiger charge is 2.30. The molecule has 2 atom stereocenters. The van der Waals surface area contributed by atoms with Crippen LogP contribution in [0.15, 0.2) is 53.0 Å². The van der Waals surface area contributed by atoms with Gasteiger partial charge in [-0.2, -0.15) is 0 Å². The third-order valence-electron chi connectivity index (χ3n) is 5.43. The van der Waals surface area contributed by atoms with Crippen molar-refractivity contribution in [1.82, 2.24) is 10.2 Å². The lowest BCUT2D eigenvalue weighted by Gasteiger charge is -2.32. The van der Waals surface area contributed by atoms with Gasteiger partial charge in [0.25, 0.3) is 0 Å². The fourth-order valence-corrected chi connectivity index (χ4v) is 4.49. The van der Waals surface area contributed by atoms with Gasteiger partial charge in [0.15, 0.2) is 0 Å². The fraction of sp³-hybridized carbons (Fsp3) is 0.417. The molecule has 186 valence electrons. The molecule has 0 heterocycles. The number of rotatable bonds is 11. The predicted octanol–water partition coefficient (Wildman–Crippen LogP) is 3.56. The zero-order chi connectivity index (χ0) is 25.5. The monoisotopic (exact) mass is 553 g/mol. The second-order valence-corrected chi connectivity index (χ2v) is 10.9. The number of hydrogen-bond acceptors (Lipinski definition) is 5. The van der Waals surface area contributed by atoms with Crippen LogP contribution in [0.4, 0.5) is 5.69 Å². The molecule has 10 heteroatoms. The van der Waals surface area contributed by atoms with Crippen molar-refractivity contribution >= 4 is 43.5 Å². The summed E-state index contributed by atoms with van der Waals surface area (Å²) in [6.07, 6.45) is 1.79. The second-order valence-electron chi connectivity index (χ2n) is 8.12. The Morgan fingerprint density at radius 2 is 1.79 bits per heavy atom. The van der Waals surface area contributed by atoms with Crippen LogP contribution < -0.4 is 14.4 Å². The molecule has 0 bridgehead atoms. The highest BCUT2D eigenvalue weighted by Crippen LogP contribution is 2.23. The van der Waals surface area contributed by atoms with E-state index in [4.69, 9.17) is 4.74 Å². The van der Waals surface area contributed by atoms with Crippen molar-refractivity contribution < 1.29 is 22.7 Å². The van der Waals surface area contributed by atoms with Crippen molar-refractivity contribution in [2.24, 2.45) is 0 Å². The summed E-state index contributed by atoms with van der Waals surface area (Å²) < 4.78 is 32.1. The highest BCUT2D eigenvalue weighted by atomic mass is 79.9. The Morgan fingerprint density at radius 3 is 2.38 bits per heavy atom. The quantitative estimate of drug-likeness (QED) is 0.459. The molecule has 0 aliphatic carbocycles. The minimum atomic E-state index is -3.77. The van der Waals surface area contributed by atoms with Gasteiger partial charge in [0.1, 0.15) is 18.3 Å². The molecule has 1 N–H and O–H groups in total. The summed E-state index contributed by atoms with van der Waals surface area (Å²) in [6.45, 7) is 5.15. The lowest BCUT2D eigenvalue weighted by Crippen LogP contribution is -2.52. The standard InChI is InChI=1S/C24H32BrN3O5S/c1-6-17(2)26-24(30)18(3)27(15-19-9-7-12-22(13-19)33-4)23(29)16-28(34(5,31)32)21-11-8-10-20(25)14-21/h7-14,17-18H,6,15-16H2,1-5H3,(H,26,30)/t17-,18+/m1/s1. The number of hydrogen-bond donors (Lipinski definition) is 1. The van der Waals surface area contributed by atoms with Gasteiger partial charge in [-0.3, -0.25) is 13.9 Å². The summed E-state index contributed by atoms with van der Waals surface area (Å²) in [5.74, 6) is -0.188.